The number of hydrogen-bond donors (Lipinski definition) is 2. The van der Waals surface area contributed by atoms with Gasteiger partial charge in [0.2, 0.25) is 5.91 Å². The van der Waals surface area contributed by atoms with Crippen molar-refractivity contribution in [3.8, 4) is 0 Å². The van der Waals surface area contributed by atoms with Crippen molar-refractivity contribution in [1.29, 1.82) is 0 Å². The van der Waals surface area contributed by atoms with Crippen LogP contribution in [0.5, 0.6) is 0 Å². The summed E-state index contributed by atoms with van der Waals surface area (Å²) in [5.41, 5.74) is -0.983. The third kappa shape index (κ3) is 19.9. The molecule has 0 aliphatic carbocycles. The molecule has 38 heavy (non-hydrogen) atoms. The Morgan fingerprint density at radius 1 is 0.763 bits per heavy atom. The van der Waals surface area contributed by atoms with E-state index in [4.69, 9.17) is 4.74 Å². The van der Waals surface area contributed by atoms with Gasteiger partial charge in [0.15, 0.2) is 0 Å². The van der Waals surface area contributed by atoms with E-state index in [1.807, 2.05) is 12.2 Å². The number of aliphatic hydroxyl groups excluding tert-OH is 1. The van der Waals surface area contributed by atoms with Gasteiger partial charge in [-0.25, -0.2) is 0 Å². The lowest BCUT2D eigenvalue weighted by atomic mass is 9.87. The van der Waals surface area contributed by atoms with Crippen molar-refractivity contribution in [3.05, 3.63) is 72.9 Å². The number of carbonyl (C=O) groups is 3. The zero-order valence-electron chi connectivity index (χ0n) is 23.6. The summed E-state index contributed by atoms with van der Waals surface area (Å²) in [4.78, 5) is 35.2. The number of ether oxygens (including phenoxy) is 2. The fourth-order valence-corrected chi connectivity index (χ4v) is 2.95. The molecule has 0 radical (unpaired) electrons. The molecule has 0 saturated heterocycles. The maximum Gasteiger partial charge on any atom is 0.309 e. The van der Waals surface area contributed by atoms with Gasteiger partial charge in [0, 0.05) is 12.0 Å². The zero-order valence-corrected chi connectivity index (χ0v) is 23.6. The molecule has 1 amide bonds. The van der Waals surface area contributed by atoms with Gasteiger partial charge in [0.25, 0.3) is 0 Å². The molecule has 7 nitrogen and oxygen atoms in total. The van der Waals surface area contributed by atoms with Crippen LogP contribution in [0.4, 0.5) is 0 Å². The molecule has 0 unspecified atom stereocenters. The molecule has 0 fully saturated rings. The van der Waals surface area contributed by atoms with Crippen LogP contribution in [0.25, 0.3) is 0 Å². The maximum absolute atomic E-state index is 12.1. The number of nitrogens with one attached hydrogen (secondary N) is 1. The van der Waals surface area contributed by atoms with Crippen LogP contribution in [0, 0.1) is 5.41 Å². The van der Waals surface area contributed by atoms with Gasteiger partial charge in [-0.15, -0.1) is 0 Å². The Hall–Kier alpha value is -3.19. The molecule has 0 aromatic rings. The molecule has 0 aliphatic rings. The summed E-state index contributed by atoms with van der Waals surface area (Å²) in [5, 5.41) is 12.7. The third-order valence-corrected chi connectivity index (χ3v) is 5.33. The monoisotopic (exact) mass is 529 g/mol. The largest absolute Gasteiger partial charge is 0.469 e. The van der Waals surface area contributed by atoms with Crippen LogP contribution >= 0.6 is 0 Å². The number of esters is 2. The quantitative estimate of drug-likeness (QED) is 0.155. The first-order valence-corrected chi connectivity index (χ1v) is 13.3. The number of allylic oxidation sites excluding steroid dienone is 11. The van der Waals surface area contributed by atoms with Gasteiger partial charge < -0.3 is 19.9 Å². The Morgan fingerprint density at radius 2 is 1.21 bits per heavy atom. The Bertz CT molecular complexity index is 848. The van der Waals surface area contributed by atoms with Crippen molar-refractivity contribution in [2.45, 2.75) is 78.2 Å². The van der Waals surface area contributed by atoms with Crippen molar-refractivity contribution in [2.75, 3.05) is 20.3 Å². The normalized spacial score (nSPS) is 13.5. The minimum absolute atomic E-state index is 0.0102. The summed E-state index contributed by atoms with van der Waals surface area (Å²) in [7, 11) is 1.26. The fraction of sp³-hybridized carbons (Fsp3) is 0.516. The van der Waals surface area contributed by atoms with Crippen molar-refractivity contribution in [2.24, 2.45) is 5.41 Å². The van der Waals surface area contributed by atoms with Gasteiger partial charge in [-0.05, 0) is 38.5 Å². The number of methoxy groups -OCH3 is 1. The maximum atomic E-state index is 12.1. The van der Waals surface area contributed by atoms with Crippen LogP contribution in [0.2, 0.25) is 0 Å². The molecule has 0 rings (SSSR count). The summed E-state index contributed by atoms with van der Waals surface area (Å²) < 4.78 is 9.73. The predicted molar refractivity (Wildman–Crippen MR) is 153 cm³/mol. The first-order chi connectivity index (χ1) is 18.2. The Labute approximate surface area is 229 Å². The number of rotatable bonds is 20. The Morgan fingerprint density at radius 3 is 1.66 bits per heavy atom. The van der Waals surface area contributed by atoms with Crippen LogP contribution in [0.15, 0.2) is 72.9 Å². The van der Waals surface area contributed by atoms with Crippen LogP contribution in [0.3, 0.4) is 0 Å². The topological polar surface area (TPSA) is 102 Å². The molecule has 7 heteroatoms. The minimum atomic E-state index is -1.39. The van der Waals surface area contributed by atoms with E-state index in [0.29, 0.717) is 0 Å². The van der Waals surface area contributed by atoms with E-state index >= 15 is 0 Å². The highest BCUT2D eigenvalue weighted by atomic mass is 16.5. The molecule has 0 aromatic heterocycles. The standard InChI is InChI=1S/C31H47NO6/c1-5-6-7-8-9-10-11-12-13-14-15-16-17-18-19-20-21-22-23-28(34)38-26-31(2,3)29(35)30(36)32-25-24-27(33)37-4/h6-7,9-10,12-13,15-16,18-19,21-22,29,35H,5,8,11,14,17,20,23-26H2,1-4H3,(H,32,36)/b7-6-,10-9-,13-12-,16-15-,19-18-,22-21-/t29-/m0/s1. The fourth-order valence-electron chi connectivity index (χ4n) is 2.95. The first kappa shape index (κ1) is 34.8. The molecule has 212 valence electrons. The molecule has 0 saturated carbocycles. The van der Waals surface area contributed by atoms with E-state index in [2.05, 4.69) is 71.7 Å². The summed E-state index contributed by atoms with van der Waals surface area (Å²) >= 11 is 0. The van der Waals surface area contributed by atoms with Gasteiger partial charge in [0.05, 0.1) is 26.6 Å². The summed E-state index contributed by atoms with van der Waals surface area (Å²) in [6.07, 6.45) is 29.4. The van der Waals surface area contributed by atoms with Gasteiger partial charge in [-0.1, -0.05) is 93.7 Å². The molecule has 2 N–H and O–H groups in total. The van der Waals surface area contributed by atoms with E-state index in [-0.39, 0.29) is 26.0 Å². The third-order valence-electron chi connectivity index (χ3n) is 5.33. The molecule has 0 aliphatic heterocycles. The van der Waals surface area contributed by atoms with E-state index in [0.717, 1.165) is 38.5 Å². The second-order valence-corrected chi connectivity index (χ2v) is 9.29. The predicted octanol–water partition coefficient (Wildman–Crippen LogP) is 5.68. The van der Waals surface area contributed by atoms with E-state index in [1.54, 1.807) is 19.9 Å². The molecule has 0 spiro atoms. The van der Waals surface area contributed by atoms with Gasteiger partial charge >= 0.3 is 11.9 Å². The smallest absolute Gasteiger partial charge is 0.309 e. The lowest BCUT2D eigenvalue weighted by molar-refractivity contribution is -0.152. The van der Waals surface area contributed by atoms with Crippen LogP contribution in [-0.2, 0) is 23.9 Å². The average Bonchev–Trinajstić information content (AvgIpc) is 2.90. The van der Waals surface area contributed by atoms with Crippen molar-refractivity contribution < 1.29 is 29.0 Å². The van der Waals surface area contributed by atoms with Crippen LogP contribution in [-0.4, -0.2) is 49.3 Å². The van der Waals surface area contributed by atoms with Gasteiger partial charge in [-0.3, -0.25) is 14.4 Å². The highest BCUT2D eigenvalue weighted by Crippen LogP contribution is 2.21. The van der Waals surface area contributed by atoms with E-state index < -0.39 is 29.4 Å². The second kappa shape index (κ2) is 23.0. The van der Waals surface area contributed by atoms with E-state index in [9.17, 15) is 19.5 Å². The van der Waals surface area contributed by atoms with E-state index in [1.165, 1.54) is 7.11 Å². The summed E-state index contributed by atoms with van der Waals surface area (Å²) in [6.45, 7) is 5.33. The number of hydrogen-bond acceptors (Lipinski definition) is 6. The van der Waals surface area contributed by atoms with Gasteiger partial charge in [-0.2, -0.15) is 0 Å². The SMILES string of the molecule is CC/C=C\C/C=C\C/C=C\C/C=C\C/C=C\C/C=C\CC(=O)OCC(C)(C)[C@@H](O)C(=O)NCCC(=O)OC. The van der Waals surface area contributed by atoms with Crippen LogP contribution < -0.4 is 5.32 Å². The van der Waals surface area contributed by atoms with Gasteiger partial charge in [0.1, 0.15) is 6.10 Å². The van der Waals surface area contributed by atoms with Crippen molar-refractivity contribution in [1.82, 2.24) is 5.32 Å². The zero-order chi connectivity index (χ0) is 28.5. The summed E-state index contributed by atoms with van der Waals surface area (Å²) in [6, 6.07) is 0. The molecule has 0 aromatic carbocycles. The van der Waals surface area contributed by atoms with Crippen molar-refractivity contribution in [3.63, 3.8) is 0 Å². The molecule has 0 bridgehead atoms. The molecular formula is C31H47NO6. The highest BCUT2D eigenvalue weighted by Gasteiger charge is 2.34. The summed E-state index contributed by atoms with van der Waals surface area (Å²) in [5.74, 6) is -1.52. The second-order valence-electron chi connectivity index (χ2n) is 9.29. The first-order valence-electron chi connectivity index (χ1n) is 13.3. The minimum Gasteiger partial charge on any atom is -0.469 e. The lowest BCUT2D eigenvalue weighted by Gasteiger charge is -2.28. The number of aliphatic hydroxyl groups is 1. The van der Waals surface area contributed by atoms with Crippen LogP contribution in [0.1, 0.15) is 72.1 Å². The average molecular weight is 530 g/mol. The molecular weight excluding hydrogens is 482 g/mol. The Kier molecular flexibility index (Phi) is 21.0. The van der Waals surface area contributed by atoms with Crippen molar-refractivity contribution >= 4 is 17.8 Å². The highest BCUT2D eigenvalue weighted by molar-refractivity contribution is 5.82. The number of amides is 1. The molecule has 1 atom stereocenters. The molecule has 0 heterocycles. The number of carbonyl (C=O) groups excluding carboxylic acids is 3. The lowest BCUT2D eigenvalue weighted by Crippen LogP contribution is -2.46. The Balaban J connectivity index is 4.01.